The molecule has 6 amide bonds. The Morgan fingerprint density at radius 3 is 1.05 bits per heavy atom. The molecule has 14 nitrogen and oxygen atoms in total. The van der Waals surface area contributed by atoms with Crippen molar-refractivity contribution in [3.8, 4) is 0 Å². The molecule has 15 heterocycles. The van der Waals surface area contributed by atoms with Crippen LogP contribution in [0.1, 0.15) is 112 Å². The first-order chi connectivity index (χ1) is 28.2. The number of carbonyl (C=O) groups is 6. The zero-order chi connectivity index (χ0) is 40.2. The smallest absolute Gasteiger partial charge is 0.261 e. The Balaban J connectivity index is 0.925. The number of hydrogen-bond acceptors (Lipinski definition) is 10. The number of rotatable bonds is 0. The SMILES string of the molecule is O=C1CC2(CCCCC2)CC(=O)NCCCN2CCN(CCCN3C(=O)c4ccc5c6c(ccc(c46)C3=O)C(=O)N(CCCN3CCN(CCCN1)CC3)C5=O)CC2. The Hall–Kier alpha value is -4.24. The summed E-state index contributed by atoms with van der Waals surface area (Å²) in [5.74, 6) is -1.42. The highest BCUT2D eigenvalue weighted by Gasteiger charge is 2.40. The van der Waals surface area contributed by atoms with E-state index in [1.165, 1.54) is 9.80 Å². The van der Waals surface area contributed by atoms with E-state index in [1.807, 2.05) is 0 Å². The van der Waals surface area contributed by atoms with Crippen molar-refractivity contribution in [1.29, 1.82) is 0 Å². The topological polar surface area (TPSA) is 146 Å². The van der Waals surface area contributed by atoms with Gasteiger partial charge in [0.2, 0.25) is 11.8 Å². The maximum Gasteiger partial charge on any atom is 0.261 e. The summed E-state index contributed by atoms with van der Waals surface area (Å²) in [7, 11) is 0. The average Bonchev–Trinajstić information content (AvgIpc) is 3.22. The number of amides is 6. The van der Waals surface area contributed by atoms with Crippen LogP contribution in [0.4, 0.5) is 0 Å². The molecule has 2 aromatic carbocycles. The van der Waals surface area contributed by atoms with Gasteiger partial charge in [0.1, 0.15) is 0 Å². The van der Waals surface area contributed by atoms with Crippen molar-refractivity contribution in [1.82, 2.24) is 40.0 Å². The summed E-state index contributed by atoms with van der Waals surface area (Å²) < 4.78 is 0. The maximum atomic E-state index is 13.8. The Kier molecular flexibility index (Phi) is 12.5. The highest BCUT2D eigenvalue weighted by Crippen LogP contribution is 2.42. The predicted molar refractivity (Wildman–Crippen MR) is 220 cm³/mol. The lowest BCUT2D eigenvalue weighted by Crippen LogP contribution is -2.48. The minimum absolute atomic E-state index is 0.0544. The Morgan fingerprint density at radius 2 is 0.707 bits per heavy atom. The second-order valence-electron chi connectivity index (χ2n) is 17.5. The lowest BCUT2D eigenvalue weighted by Gasteiger charge is -2.36. The van der Waals surface area contributed by atoms with E-state index >= 15 is 0 Å². The van der Waals surface area contributed by atoms with E-state index in [9.17, 15) is 28.8 Å². The summed E-state index contributed by atoms with van der Waals surface area (Å²) >= 11 is 0. The molecule has 0 radical (unpaired) electrons. The fraction of sp³-hybridized carbons (Fsp3) is 0.636. The van der Waals surface area contributed by atoms with Crippen LogP contribution in [0.3, 0.4) is 0 Å². The molecule has 12 bridgehead atoms. The van der Waals surface area contributed by atoms with Crippen LogP contribution < -0.4 is 10.6 Å². The van der Waals surface area contributed by atoms with Crippen LogP contribution in [0.25, 0.3) is 10.8 Å². The lowest BCUT2D eigenvalue weighted by molar-refractivity contribution is -0.127. The van der Waals surface area contributed by atoms with Crippen molar-refractivity contribution in [2.24, 2.45) is 5.41 Å². The zero-order valence-electron chi connectivity index (χ0n) is 34.0. The van der Waals surface area contributed by atoms with Crippen LogP contribution in [0.2, 0.25) is 0 Å². The molecular weight excluding hydrogens is 737 g/mol. The number of fused-ring (bicyclic) bond motifs is 1. The van der Waals surface area contributed by atoms with Crippen LogP contribution in [-0.4, -0.2) is 170 Å². The van der Waals surface area contributed by atoms with Crippen LogP contribution in [0, 0.1) is 5.41 Å². The van der Waals surface area contributed by atoms with Gasteiger partial charge in [0.25, 0.3) is 23.6 Å². The lowest BCUT2D eigenvalue weighted by atomic mass is 9.69. The maximum absolute atomic E-state index is 13.8. The molecule has 14 heteroatoms. The van der Waals surface area contributed by atoms with Crippen molar-refractivity contribution >= 4 is 46.2 Å². The van der Waals surface area contributed by atoms with Gasteiger partial charge in [-0.2, -0.15) is 0 Å². The molecule has 0 atom stereocenters. The molecule has 18 rings (SSSR count). The standard InChI is InChI=1S/C44H60N8O6/c53-36-30-44(12-2-1-3-13-44)31-37(54)46-15-5-17-48-24-28-50(29-25-48)19-7-21-52-42(57)34-10-8-32-38-33(9-11-35(39(34)38)43(52)58)41(56)51(40(32)55)20-6-18-49-26-22-47(23-27-49)16-4-14-45-36/h8-11H,1-7,12-31H2,(H,45,53)(H,46,54). The Labute approximate surface area is 341 Å². The van der Waals surface area contributed by atoms with Gasteiger partial charge < -0.3 is 30.2 Å². The van der Waals surface area contributed by atoms with Crippen LogP contribution in [0.15, 0.2) is 24.3 Å². The number of piperazine rings is 2. The Morgan fingerprint density at radius 1 is 0.379 bits per heavy atom. The number of nitrogens with zero attached hydrogens (tertiary/aromatic N) is 6. The molecule has 1 aliphatic carbocycles. The summed E-state index contributed by atoms with van der Waals surface area (Å²) in [6.07, 6.45) is 8.96. The van der Waals surface area contributed by atoms with Gasteiger partial charge in [0.05, 0.1) is 0 Å². The molecule has 1 spiro atoms. The van der Waals surface area contributed by atoms with E-state index in [0.29, 0.717) is 71.8 Å². The van der Waals surface area contributed by atoms with Crippen molar-refractivity contribution in [2.75, 3.05) is 105 Å². The molecule has 0 aromatic heterocycles. The van der Waals surface area contributed by atoms with E-state index in [4.69, 9.17) is 0 Å². The molecule has 0 unspecified atom stereocenters. The average molecular weight is 797 g/mol. The summed E-state index contributed by atoms with van der Waals surface area (Å²) in [5.41, 5.74) is 1.18. The van der Waals surface area contributed by atoms with E-state index in [2.05, 4.69) is 30.2 Å². The molecule has 2 saturated heterocycles. The number of nitrogens with one attached hydrogen (secondary N) is 2. The number of imide groups is 2. The van der Waals surface area contributed by atoms with Gasteiger partial charge in [-0.1, -0.05) is 19.3 Å². The number of hydrogen-bond donors (Lipinski definition) is 2. The molecule has 15 aliphatic heterocycles. The summed E-state index contributed by atoms with van der Waals surface area (Å²) in [4.78, 5) is 93.9. The third-order valence-electron chi connectivity index (χ3n) is 13.6. The molecule has 2 N–H and O–H groups in total. The second kappa shape index (κ2) is 17.9. The molecule has 2 aromatic rings. The zero-order valence-corrected chi connectivity index (χ0v) is 34.0. The van der Waals surface area contributed by atoms with Crippen LogP contribution in [0.5, 0.6) is 0 Å². The van der Waals surface area contributed by atoms with Gasteiger partial charge in [-0.25, -0.2) is 0 Å². The molecule has 16 aliphatic rings. The van der Waals surface area contributed by atoms with Gasteiger partial charge in [-0.3, -0.25) is 38.6 Å². The summed E-state index contributed by atoms with van der Waals surface area (Å²) in [6, 6.07) is 6.60. The van der Waals surface area contributed by atoms with E-state index in [-0.39, 0.29) is 53.9 Å². The first-order valence-corrected chi connectivity index (χ1v) is 21.9. The quantitative estimate of drug-likeness (QED) is 0.382. The molecule has 58 heavy (non-hydrogen) atoms. The minimum Gasteiger partial charge on any atom is -0.356 e. The normalized spacial score (nSPS) is 28.4. The minimum atomic E-state index is -0.382. The highest BCUT2D eigenvalue weighted by molar-refractivity contribution is 6.33. The number of benzene rings is 2. The first kappa shape index (κ1) is 40.5. The van der Waals surface area contributed by atoms with Crippen molar-refractivity contribution in [2.45, 2.75) is 70.6 Å². The predicted octanol–water partition coefficient (Wildman–Crippen LogP) is 2.80. The number of carbonyl (C=O) groups excluding carboxylic acids is 6. The van der Waals surface area contributed by atoms with Gasteiger partial charge in [-0.05, 0) is 94.4 Å². The van der Waals surface area contributed by atoms with Gasteiger partial charge in [-0.15, -0.1) is 0 Å². The molecule has 3 fully saturated rings. The highest BCUT2D eigenvalue weighted by atomic mass is 16.2. The molecule has 1 saturated carbocycles. The second-order valence-corrected chi connectivity index (χ2v) is 17.5. The Bertz CT molecular complexity index is 1710. The van der Waals surface area contributed by atoms with E-state index in [0.717, 1.165) is 123 Å². The van der Waals surface area contributed by atoms with E-state index in [1.54, 1.807) is 24.3 Å². The monoisotopic (exact) mass is 796 g/mol. The fourth-order valence-electron chi connectivity index (χ4n) is 10.3. The summed E-state index contributed by atoms with van der Waals surface area (Å²) in [6.45, 7) is 12.4. The third kappa shape index (κ3) is 8.71. The van der Waals surface area contributed by atoms with Crippen molar-refractivity contribution in [3.63, 3.8) is 0 Å². The molecular formula is C44H60N8O6. The first-order valence-electron chi connectivity index (χ1n) is 21.9. The van der Waals surface area contributed by atoms with Crippen LogP contribution in [-0.2, 0) is 9.59 Å². The van der Waals surface area contributed by atoms with E-state index < -0.39 is 0 Å². The fourth-order valence-corrected chi connectivity index (χ4v) is 10.3. The van der Waals surface area contributed by atoms with Gasteiger partial charge >= 0.3 is 0 Å². The van der Waals surface area contributed by atoms with Crippen LogP contribution >= 0.6 is 0 Å². The van der Waals surface area contributed by atoms with Gasteiger partial charge in [0.15, 0.2) is 0 Å². The molecule has 312 valence electrons. The van der Waals surface area contributed by atoms with Crippen molar-refractivity contribution in [3.05, 3.63) is 46.5 Å². The largest absolute Gasteiger partial charge is 0.356 e. The summed E-state index contributed by atoms with van der Waals surface area (Å²) in [5, 5.41) is 7.16. The third-order valence-corrected chi connectivity index (χ3v) is 13.6. The van der Waals surface area contributed by atoms with Crippen molar-refractivity contribution < 1.29 is 28.8 Å². The van der Waals surface area contributed by atoms with Gasteiger partial charge in [0, 0.05) is 124 Å².